The van der Waals surface area contributed by atoms with Gasteiger partial charge in [-0.05, 0) is 44.0 Å². The lowest BCUT2D eigenvalue weighted by Gasteiger charge is -2.06. The zero-order valence-electron chi connectivity index (χ0n) is 15.5. The van der Waals surface area contributed by atoms with Crippen LogP contribution < -0.4 is 5.56 Å². The Labute approximate surface area is 178 Å². The molecule has 0 saturated heterocycles. The molecule has 0 atom stereocenters. The Morgan fingerprint density at radius 1 is 1.07 bits per heavy atom. The summed E-state index contributed by atoms with van der Waals surface area (Å²) in [6, 6.07) is 7.93. The lowest BCUT2D eigenvalue weighted by molar-refractivity contribution is 0.878. The molecule has 4 aromatic rings. The predicted octanol–water partition coefficient (Wildman–Crippen LogP) is 5.42. The molecule has 0 unspecified atom stereocenters. The first kappa shape index (κ1) is 19.3. The molecule has 5 nitrogen and oxygen atoms in total. The minimum absolute atomic E-state index is 0.114. The minimum Gasteiger partial charge on any atom is -0.309 e. The Morgan fingerprint density at radius 2 is 1.75 bits per heavy atom. The van der Waals surface area contributed by atoms with Crippen molar-refractivity contribution in [1.82, 2.24) is 19.9 Å². The molecule has 1 aromatic carbocycles. The molecule has 3 heterocycles. The molecule has 0 fully saturated rings. The fraction of sp³-hybridized carbons (Fsp3) is 0.200. The van der Waals surface area contributed by atoms with Crippen LogP contribution in [0.15, 0.2) is 44.1 Å². The van der Waals surface area contributed by atoms with Crippen LogP contribution in [-0.4, -0.2) is 19.9 Å². The number of fused-ring (bicyclic) bond motifs is 1. The Balaban J connectivity index is 1.63. The minimum atomic E-state index is -0.114. The third-order valence-electron chi connectivity index (χ3n) is 4.60. The third-order valence-corrected chi connectivity index (χ3v) is 6.86. The second-order valence-corrected chi connectivity index (χ2v) is 9.16. The predicted molar refractivity (Wildman–Crippen MR) is 119 cm³/mol. The van der Waals surface area contributed by atoms with Gasteiger partial charge in [0.2, 0.25) is 0 Å². The van der Waals surface area contributed by atoms with Gasteiger partial charge in [-0.1, -0.05) is 39.8 Å². The van der Waals surface area contributed by atoms with Gasteiger partial charge in [0.05, 0.1) is 11.1 Å². The van der Waals surface area contributed by atoms with Crippen molar-refractivity contribution in [3.8, 4) is 11.1 Å². The van der Waals surface area contributed by atoms with E-state index in [2.05, 4.69) is 35.9 Å². The molecule has 0 radical (unpaired) electrons. The molecule has 142 valence electrons. The summed E-state index contributed by atoms with van der Waals surface area (Å²) in [5.74, 6) is 1.14. The van der Waals surface area contributed by atoms with E-state index in [4.69, 9.17) is 0 Å². The van der Waals surface area contributed by atoms with Gasteiger partial charge in [0, 0.05) is 26.8 Å². The highest BCUT2D eigenvalue weighted by Crippen LogP contribution is 2.31. The number of benzene rings is 1. The van der Waals surface area contributed by atoms with Gasteiger partial charge >= 0.3 is 0 Å². The maximum Gasteiger partial charge on any atom is 0.260 e. The van der Waals surface area contributed by atoms with Crippen LogP contribution in [0.5, 0.6) is 0 Å². The Kier molecular flexibility index (Phi) is 5.35. The number of nitrogens with one attached hydrogen (secondary N) is 1. The molecule has 28 heavy (non-hydrogen) atoms. The van der Waals surface area contributed by atoms with Gasteiger partial charge in [0.15, 0.2) is 5.16 Å². The molecule has 0 bridgehead atoms. The van der Waals surface area contributed by atoms with Crippen LogP contribution in [0.2, 0.25) is 0 Å². The van der Waals surface area contributed by atoms with Crippen LogP contribution in [0.25, 0.3) is 21.3 Å². The van der Waals surface area contributed by atoms with Crippen LogP contribution in [0.3, 0.4) is 0 Å². The fourth-order valence-electron chi connectivity index (χ4n) is 2.84. The third kappa shape index (κ3) is 3.76. The second-order valence-electron chi connectivity index (χ2n) is 6.44. The van der Waals surface area contributed by atoms with Crippen molar-refractivity contribution in [2.24, 2.45) is 0 Å². The number of hydrogen-bond acceptors (Lipinski definition) is 6. The van der Waals surface area contributed by atoms with Crippen LogP contribution >= 0.6 is 39.0 Å². The van der Waals surface area contributed by atoms with Crippen molar-refractivity contribution in [1.29, 1.82) is 0 Å². The van der Waals surface area contributed by atoms with Crippen molar-refractivity contribution < 1.29 is 0 Å². The van der Waals surface area contributed by atoms with Crippen molar-refractivity contribution in [2.75, 3.05) is 0 Å². The first-order valence-corrected chi connectivity index (χ1v) is 11.3. The number of aryl methyl sites for hydroxylation is 2. The summed E-state index contributed by atoms with van der Waals surface area (Å²) in [7, 11) is 0. The quantitative estimate of drug-likeness (QED) is 0.317. The van der Waals surface area contributed by atoms with Gasteiger partial charge in [-0.3, -0.25) is 4.79 Å². The lowest BCUT2D eigenvalue weighted by Crippen LogP contribution is -2.11. The zero-order chi connectivity index (χ0) is 19.8. The van der Waals surface area contributed by atoms with E-state index >= 15 is 0 Å². The van der Waals surface area contributed by atoms with E-state index < -0.39 is 0 Å². The van der Waals surface area contributed by atoms with E-state index in [1.165, 1.54) is 23.1 Å². The summed E-state index contributed by atoms with van der Waals surface area (Å²) in [5, 5.41) is 3.33. The summed E-state index contributed by atoms with van der Waals surface area (Å²) in [6.45, 7) is 5.98. The van der Waals surface area contributed by atoms with E-state index in [0.29, 0.717) is 22.1 Å². The second kappa shape index (κ2) is 7.77. The number of halogens is 1. The SMILES string of the molecule is Cc1nc(SCc2nc3scc(-c4ccc(Br)cc4)c3c(=O)[nH]2)nc(C)c1C. The molecule has 0 amide bonds. The molecule has 0 aliphatic carbocycles. The molecule has 4 rings (SSSR count). The maximum absolute atomic E-state index is 12.7. The number of hydrogen-bond donors (Lipinski definition) is 1. The number of aromatic amines is 1. The Bertz CT molecular complexity index is 1210. The van der Waals surface area contributed by atoms with Crippen LogP contribution in [0.1, 0.15) is 22.8 Å². The van der Waals surface area contributed by atoms with Crippen molar-refractivity contribution in [2.45, 2.75) is 31.7 Å². The van der Waals surface area contributed by atoms with E-state index in [1.807, 2.05) is 50.4 Å². The fourth-order valence-corrected chi connectivity index (χ4v) is 4.88. The molecular weight excluding hydrogens is 456 g/mol. The molecule has 0 spiro atoms. The molecule has 0 saturated carbocycles. The number of thiophene rings is 1. The molecule has 0 aliphatic rings. The van der Waals surface area contributed by atoms with Gasteiger partial charge < -0.3 is 4.98 Å². The highest BCUT2D eigenvalue weighted by Gasteiger charge is 2.14. The summed E-state index contributed by atoms with van der Waals surface area (Å²) in [4.78, 5) is 30.1. The number of rotatable bonds is 4. The van der Waals surface area contributed by atoms with Gasteiger partial charge in [-0.2, -0.15) is 0 Å². The van der Waals surface area contributed by atoms with Crippen molar-refractivity contribution >= 4 is 49.2 Å². The normalized spacial score (nSPS) is 11.3. The first-order valence-electron chi connectivity index (χ1n) is 8.63. The van der Waals surface area contributed by atoms with Crippen molar-refractivity contribution in [3.63, 3.8) is 0 Å². The Morgan fingerprint density at radius 3 is 2.43 bits per heavy atom. The van der Waals surface area contributed by atoms with E-state index in [0.717, 1.165) is 37.4 Å². The number of thioether (sulfide) groups is 1. The summed E-state index contributed by atoms with van der Waals surface area (Å²) < 4.78 is 1.01. The topological polar surface area (TPSA) is 71.5 Å². The van der Waals surface area contributed by atoms with Crippen LogP contribution in [0.4, 0.5) is 0 Å². The van der Waals surface area contributed by atoms with Crippen LogP contribution in [-0.2, 0) is 5.75 Å². The standard InChI is InChI=1S/C20H17BrN4OS2/c1-10-11(2)22-20(23-12(10)3)28-9-16-24-18(26)17-15(8-27-19(17)25-16)13-4-6-14(21)7-5-13/h4-8H,9H2,1-3H3,(H,24,25,26). The largest absolute Gasteiger partial charge is 0.309 e. The number of H-pyrrole nitrogens is 1. The summed E-state index contributed by atoms with van der Waals surface area (Å²) >= 11 is 6.41. The maximum atomic E-state index is 12.7. The average molecular weight is 473 g/mol. The number of aromatic nitrogens is 4. The first-order chi connectivity index (χ1) is 13.4. The van der Waals surface area contributed by atoms with E-state index in [1.54, 1.807) is 0 Å². The van der Waals surface area contributed by atoms with E-state index in [9.17, 15) is 4.79 Å². The van der Waals surface area contributed by atoms with Crippen LogP contribution in [0, 0.1) is 20.8 Å². The lowest BCUT2D eigenvalue weighted by atomic mass is 10.1. The molecule has 1 N–H and O–H groups in total. The number of nitrogens with zero attached hydrogens (tertiary/aromatic N) is 3. The van der Waals surface area contributed by atoms with Gasteiger partial charge in [-0.25, -0.2) is 15.0 Å². The molecular formula is C20H17BrN4OS2. The highest BCUT2D eigenvalue weighted by atomic mass is 79.9. The average Bonchev–Trinajstić information content (AvgIpc) is 3.09. The van der Waals surface area contributed by atoms with Gasteiger partial charge in [0.1, 0.15) is 10.7 Å². The van der Waals surface area contributed by atoms with Crippen molar-refractivity contribution in [3.05, 3.63) is 67.2 Å². The Hall–Kier alpha value is -2.03. The van der Waals surface area contributed by atoms with E-state index in [-0.39, 0.29) is 5.56 Å². The molecule has 3 aromatic heterocycles. The summed E-state index contributed by atoms with van der Waals surface area (Å²) in [6.07, 6.45) is 0. The van der Waals surface area contributed by atoms with Gasteiger partial charge in [0.25, 0.3) is 5.56 Å². The molecule has 0 aliphatic heterocycles. The smallest absolute Gasteiger partial charge is 0.260 e. The zero-order valence-corrected chi connectivity index (χ0v) is 18.8. The highest BCUT2D eigenvalue weighted by molar-refractivity contribution is 9.10. The molecule has 8 heteroatoms. The van der Waals surface area contributed by atoms with Gasteiger partial charge in [-0.15, -0.1) is 11.3 Å². The monoisotopic (exact) mass is 472 g/mol. The summed E-state index contributed by atoms with van der Waals surface area (Å²) in [5.41, 5.74) is 4.86.